The monoisotopic (exact) mass is 312 g/mol. The standard InChI is InChI=1S/C15H25BrN2/c1-12(2)18(4)10-9-17-13(3)11-14-5-7-15(16)8-6-14/h5-8,12-13,17H,9-11H2,1-4H3. The molecule has 0 radical (unpaired) electrons. The number of hydrogen-bond acceptors (Lipinski definition) is 2. The summed E-state index contributed by atoms with van der Waals surface area (Å²) < 4.78 is 1.14. The van der Waals surface area contributed by atoms with Crippen molar-refractivity contribution >= 4 is 15.9 Å². The van der Waals surface area contributed by atoms with Gasteiger partial charge in [0, 0.05) is 29.6 Å². The maximum absolute atomic E-state index is 3.58. The van der Waals surface area contributed by atoms with Crippen molar-refractivity contribution in [2.24, 2.45) is 0 Å². The van der Waals surface area contributed by atoms with Crippen LogP contribution in [0.25, 0.3) is 0 Å². The van der Waals surface area contributed by atoms with Crippen molar-refractivity contribution < 1.29 is 0 Å². The lowest BCUT2D eigenvalue weighted by molar-refractivity contribution is 0.269. The van der Waals surface area contributed by atoms with Crippen LogP contribution in [0, 0.1) is 0 Å². The molecule has 1 N–H and O–H groups in total. The molecule has 0 spiro atoms. The third-order valence-electron chi connectivity index (χ3n) is 3.29. The van der Waals surface area contributed by atoms with Gasteiger partial charge in [-0.05, 0) is 51.9 Å². The van der Waals surface area contributed by atoms with E-state index in [0.29, 0.717) is 12.1 Å². The number of benzene rings is 1. The molecule has 0 aliphatic rings. The number of nitrogens with zero attached hydrogens (tertiary/aromatic N) is 1. The average molecular weight is 313 g/mol. The van der Waals surface area contributed by atoms with Gasteiger partial charge in [-0.25, -0.2) is 0 Å². The Bertz CT molecular complexity index is 335. The second kappa shape index (κ2) is 7.93. The van der Waals surface area contributed by atoms with E-state index in [-0.39, 0.29) is 0 Å². The third kappa shape index (κ3) is 5.98. The van der Waals surface area contributed by atoms with Gasteiger partial charge in [0.1, 0.15) is 0 Å². The molecule has 2 nitrogen and oxygen atoms in total. The van der Waals surface area contributed by atoms with E-state index in [2.05, 4.69) is 78.2 Å². The van der Waals surface area contributed by atoms with Crippen LogP contribution in [0.2, 0.25) is 0 Å². The van der Waals surface area contributed by atoms with Gasteiger partial charge >= 0.3 is 0 Å². The lowest BCUT2D eigenvalue weighted by atomic mass is 10.1. The Hall–Kier alpha value is -0.380. The fraction of sp³-hybridized carbons (Fsp3) is 0.600. The van der Waals surface area contributed by atoms with Crippen molar-refractivity contribution in [3.63, 3.8) is 0 Å². The molecule has 18 heavy (non-hydrogen) atoms. The first-order valence-corrected chi connectivity index (χ1v) is 7.46. The summed E-state index contributed by atoms with van der Waals surface area (Å²) in [5.74, 6) is 0. The first kappa shape index (κ1) is 15.7. The first-order valence-electron chi connectivity index (χ1n) is 6.67. The van der Waals surface area contributed by atoms with Gasteiger partial charge in [-0.1, -0.05) is 28.1 Å². The highest BCUT2D eigenvalue weighted by Crippen LogP contribution is 2.11. The molecule has 1 rings (SSSR count). The average Bonchev–Trinajstić information content (AvgIpc) is 2.32. The molecule has 1 aromatic rings. The van der Waals surface area contributed by atoms with Crippen LogP contribution >= 0.6 is 15.9 Å². The van der Waals surface area contributed by atoms with Crippen LogP contribution in [0.4, 0.5) is 0 Å². The Kier molecular flexibility index (Phi) is 6.90. The summed E-state index contributed by atoms with van der Waals surface area (Å²) in [6.45, 7) is 8.85. The minimum atomic E-state index is 0.520. The molecule has 0 saturated carbocycles. The molecule has 0 bridgehead atoms. The SMILES string of the molecule is CC(Cc1ccc(Br)cc1)NCCN(C)C(C)C. The molecule has 3 heteroatoms. The molecule has 0 heterocycles. The van der Waals surface area contributed by atoms with E-state index in [1.54, 1.807) is 0 Å². The molecule has 0 aliphatic carbocycles. The van der Waals surface area contributed by atoms with E-state index in [4.69, 9.17) is 0 Å². The van der Waals surface area contributed by atoms with Crippen LogP contribution < -0.4 is 5.32 Å². The molecule has 0 fully saturated rings. The van der Waals surface area contributed by atoms with E-state index >= 15 is 0 Å². The minimum absolute atomic E-state index is 0.520. The Labute approximate surface area is 120 Å². The highest BCUT2D eigenvalue weighted by molar-refractivity contribution is 9.10. The van der Waals surface area contributed by atoms with Crippen LogP contribution in [-0.2, 0) is 6.42 Å². The third-order valence-corrected chi connectivity index (χ3v) is 3.82. The van der Waals surface area contributed by atoms with Crippen LogP contribution in [0.3, 0.4) is 0 Å². The number of rotatable bonds is 7. The highest BCUT2D eigenvalue weighted by Gasteiger charge is 2.05. The second-order valence-corrected chi connectivity index (χ2v) is 6.18. The maximum atomic E-state index is 3.58. The number of hydrogen-bond donors (Lipinski definition) is 1. The van der Waals surface area contributed by atoms with E-state index in [1.165, 1.54) is 5.56 Å². The lowest BCUT2D eigenvalue weighted by Gasteiger charge is -2.22. The van der Waals surface area contributed by atoms with E-state index in [0.717, 1.165) is 24.0 Å². The van der Waals surface area contributed by atoms with E-state index in [9.17, 15) is 0 Å². The Morgan fingerprint density at radius 3 is 2.33 bits per heavy atom. The summed E-state index contributed by atoms with van der Waals surface area (Å²) in [6.07, 6.45) is 1.08. The maximum Gasteiger partial charge on any atom is 0.0175 e. The molecule has 0 saturated heterocycles. The Morgan fingerprint density at radius 1 is 1.17 bits per heavy atom. The normalized spacial score (nSPS) is 13.3. The lowest BCUT2D eigenvalue weighted by Crippen LogP contribution is -2.37. The highest BCUT2D eigenvalue weighted by atomic mass is 79.9. The minimum Gasteiger partial charge on any atom is -0.313 e. The number of likely N-dealkylation sites (N-methyl/N-ethyl adjacent to an activating group) is 1. The molecule has 1 atom stereocenters. The smallest absolute Gasteiger partial charge is 0.0175 e. The van der Waals surface area contributed by atoms with Gasteiger partial charge in [0.15, 0.2) is 0 Å². The molecule has 0 aliphatic heterocycles. The summed E-state index contributed by atoms with van der Waals surface area (Å²) in [5.41, 5.74) is 1.38. The van der Waals surface area contributed by atoms with Crippen LogP contribution in [-0.4, -0.2) is 37.1 Å². The quantitative estimate of drug-likeness (QED) is 0.831. The van der Waals surface area contributed by atoms with Crippen molar-refractivity contribution in [1.29, 1.82) is 0 Å². The van der Waals surface area contributed by atoms with E-state index < -0.39 is 0 Å². The molecule has 102 valence electrons. The van der Waals surface area contributed by atoms with Gasteiger partial charge in [-0.3, -0.25) is 0 Å². The molecular formula is C15H25BrN2. The summed E-state index contributed by atoms with van der Waals surface area (Å²) in [4.78, 5) is 2.36. The van der Waals surface area contributed by atoms with Gasteiger partial charge in [0.25, 0.3) is 0 Å². The van der Waals surface area contributed by atoms with Crippen LogP contribution in [0.15, 0.2) is 28.7 Å². The van der Waals surface area contributed by atoms with Gasteiger partial charge in [0.05, 0.1) is 0 Å². The fourth-order valence-electron chi connectivity index (χ4n) is 1.79. The Morgan fingerprint density at radius 2 is 1.78 bits per heavy atom. The summed E-state index contributed by atoms with van der Waals surface area (Å²) >= 11 is 3.46. The molecule has 0 amide bonds. The predicted molar refractivity (Wildman–Crippen MR) is 83.1 cm³/mol. The van der Waals surface area contributed by atoms with Gasteiger partial charge in [0.2, 0.25) is 0 Å². The predicted octanol–water partition coefficient (Wildman–Crippen LogP) is 3.31. The van der Waals surface area contributed by atoms with Crippen LogP contribution in [0.1, 0.15) is 26.3 Å². The number of nitrogens with one attached hydrogen (secondary N) is 1. The van der Waals surface area contributed by atoms with Crippen molar-refractivity contribution in [3.05, 3.63) is 34.3 Å². The zero-order chi connectivity index (χ0) is 13.5. The fourth-order valence-corrected chi connectivity index (χ4v) is 2.06. The first-order chi connectivity index (χ1) is 8.49. The topological polar surface area (TPSA) is 15.3 Å². The summed E-state index contributed by atoms with van der Waals surface area (Å²) in [7, 11) is 2.17. The molecule has 1 aromatic carbocycles. The van der Waals surface area contributed by atoms with Crippen molar-refractivity contribution in [2.45, 2.75) is 39.3 Å². The zero-order valence-corrected chi connectivity index (χ0v) is 13.5. The van der Waals surface area contributed by atoms with Gasteiger partial charge in [-0.15, -0.1) is 0 Å². The van der Waals surface area contributed by atoms with Crippen molar-refractivity contribution in [2.75, 3.05) is 20.1 Å². The molecule has 1 unspecified atom stereocenters. The van der Waals surface area contributed by atoms with Gasteiger partial charge in [-0.2, -0.15) is 0 Å². The summed E-state index contributed by atoms with van der Waals surface area (Å²) in [6, 6.07) is 9.72. The molecule has 0 aromatic heterocycles. The van der Waals surface area contributed by atoms with Gasteiger partial charge < -0.3 is 10.2 Å². The van der Waals surface area contributed by atoms with Crippen LogP contribution in [0.5, 0.6) is 0 Å². The second-order valence-electron chi connectivity index (χ2n) is 5.26. The number of halogens is 1. The zero-order valence-electron chi connectivity index (χ0n) is 11.9. The Balaban J connectivity index is 2.25. The largest absolute Gasteiger partial charge is 0.313 e. The molecular weight excluding hydrogens is 288 g/mol. The van der Waals surface area contributed by atoms with Crippen molar-refractivity contribution in [3.8, 4) is 0 Å². The van der Waals surface area contributed by atoms with Crippen molar-refractivity contribution in [1.82, 2.24) is 10.2 Å². The summed E-state index contributed by atoms with van der Waals surface area (Å²) in [5, 5.41) is 3.58. The van der Waals surface area contributed by atoms with E-state index in [1.807, 2.05) is 0 Å².